The number of aromatic nitrogens is 3. The molecule has 0 amide bonds. The Morgan fingerprint density at radius 3 is 2.50 bits per heavy atom. The summed E-state index contributed by atoms with van der Waals surface area (Å²) in [6.07, 6.45) is 1.40. The second-order valence-electron chi connectivity index (χ2n) is 6.96. The van der Waals surface area contributed by atoms with E-state index in [0.29, 0.717) is 23.6 Å². The Kier molecular flexibility index (Phi) is 3.98. The molecule has 2 heterocycles. The first-order valence-electron chi connectivity index (χ1n) is 8.57. The molecule has 3 nitrogen and oxygen atoms in total. The SMILES string of the molecule is FC(F)(F)C1CCC(c2cc3nc4c(c(Cl)n3n2)CCCC4)CC1. The summed E-state index contributed by atoms with van der Waals surface area (Å²) in [5, 5.41) is 5.19. The van der Waals surface area contributed by atoms with E-state index in [0.717, 1.165) is 42.6 Å². The van der Waals surface area contributed by atoms with E-state index < -0.39 is 12.1 Å². The van der Waals surface area contributed by atoms with Crippen LogP contribution in [0.5, 0.6) is 0 Å². The van der Waals surface area contributed by atoms with Crippen LogP contribution in [0.1, 0.15) is 61.4 Å². The lowest BCUT2D eigenvalue weighted by atomic mass is 9.80. The Labute approximate surface area is 143 Å². The first kappa shape index (κ1) is 16.2. The molecule has 24 heavy (non-hydrogen) atoms. The van der Waals surface area contributed by atoms with Crippen molar-refractivity contribution in [2.24, 2.45) is 5.92 Å². The minimum Gasteiger partial charge on any atom is -0.233 e. The number of rotatable bonds is 1. The zero-order chi connectivity index (χ0) is 16.9. The maximum atomic E-state index is 12.8. The van der Waals surface area contributed by atoms with Crippen molar-refractivity contribution < 1.29 is 13.2 Å². The number of hydrogen-bond donors (Lipinski definition) is 0. The lowest BCUT2D eigenvalue weighted by molar-refractivity contribution is -0.182. The van der Waals surface area contributed by atoms with Crippen LogP contribution in [0.4, 0.5) is 13.2 Å². The number of nitrogens with zero attached hydrogens (tertiary/aromatic N) is 3. The van der Waals surface area contributed by atoms with Crippen molar-refractivity contribution in [3.63, 3.8) is 0 Å². The fourth-order valence-electron chi connectivity index (χ4n) is 4.03. The van der Waals surface area contributed by atoms with Gasteiger partial charge in [-0.05, 0) is 51.4 Å². The molecule has 1 fully saturated rings. The summed E-state index contributed by atoms with van der Waals surface area (Å²) in [7, 11) is 0. The van der Waals surface area contributed by atoms with Crippen molar-refractivity contribution in [2.45, 2.75) is 63.5 Å². The summed E-state index contributed by atoms with van der Waals surface area (Å²) in [6.45, 7) is 0. The molecule has 0 aromatic carbocycles. The highest BCUT2D eigenvalue weighted by Gasteiger charge is 2.42. The second kappa shape index (κ2) is 5.90. The second-order valence-corrected chi connectivity index (χ2v) is 7.32. The normalized spacial score (nSPS) is 25.0. The first-order valence-corrected chi connectivity index (χ1v) is 8.95. The third-order valence-corrected chi connectivity index (χ3v) is 5.83. The summed E-state index contributed by atoms with van der Waals surface area (Å²) >= 11 is 6.51. The molecule has 0 unspecified atom stereocenters. The number of fused-ring (bicyclic) bond motifs is 2. The molecule has 0 aliphatic heterocycles. The van der Waals surface area contributed by atoms with Gasteiger partial charge < -0.3 is 0 Å². The summed E-state index contributed by atoms with van der Waals surface area (Å²) in [6, 6.07) is 1.90. The van der Waals surface area contributed by atoms with Gasteiger partial charge in [-0.1, -0.05) is 11.6 Å². The highest BCUT2D eigenvalue weighted by atomic mass is 35.5. The van der Waals surface area contributed by atoms with Crippen LogP contribution >= 0.6 is 11.6 Å². The summed E-state index contributed by atoms with van der Waals surface area (Å²) in [4.78, 5) is 4.68. The Hall–Kier alpha value is -1.30. The number of halogens is 4. The quantitative estimate of drug-likeness (QED) is 0.665. The molecule has 7 heteroatoms. The zero-order valence-electron chi connectivity index (χ0n) is 13.2. The van der Waals surface area contributed by atoms with Gasteiger partial charge in [0.15, 0.2) is 5.65 Å². The van der Waals surface area contributed by atoms with Gasteiger partial charge in [-0.25, -0.2) is 9.50 Å². The van der Waals surface area contributed by atoms with Gasteiger partial charge >= 0.3 is 6.18 Å². The Balaban J connectivity index is 1.61. The van der Waals surface area contributed by atoms with Crippen molar-refractivity contribution in [3.8, 4) is 0 Å². The molecule has 4 rings (SSSR count). The summed E-state index contributed by atoms with van der Waals surface area (Å²) in [5.74, 6) is -1.10. The third-order valence-electron chi connectivity index (χ3n) is 5.44. The highest BCUT2D eigenvalue weighted by molar-refractivity contribution is 6.30. The standard InChI is InChI=1S/C17H19ClF3N3/c18-16-12-3-1-2-4-13(12)22-15-9-14(23-24(15)16)10-5-7-11(8-6-10)17(19,20)21/h9-11H,1-8H2. The summed E-state index contributed by atoms with van der Waals surface area (Å²) in [5.41, 5.74) is 3.66. The van der Waals surface area contributed by atoms with Crippen molar-refractivity contribution in [1.82, 2.24) is 14.6 Å². The summed E-state index contributed by atoms with van der Waals surface area (Å²) < 4.78 is 40.1. The van der Waals surface area contributed by atoms with E-state index in [1.807, 2.05) is 6.07 Å². The van der Waals surface area contributed by atoms with E-state index in [1.165, 1.54) is 0 Å². The van der Waals surface area contributed by atoms with Crippen LogP contribution < -0.4 is 0 Å². The number of alkyl halides is 3. The van der Waals surface area contributed by atoms with Gasteiger partial charge in [0.25, 0.3) is 0 Å². The van der Waals surface area contributed by atoms with E-state index in [2.05, 4.69) is 10.1 Å². The molecule has 1 saturated carbocycles. The molecule has 0 radical (unpaired) electrons. The van der Waals surface area contributed by atoms with Gasteiger partial charge in [-0.15, -0.1) is 0 Å². The van der Waals surface area contributed by atoms with Crippen molar-refractivity contribution in [1.29, 1.82) is 0 Å². The van der Waals surface area contributed by atoms with Gasteiger partial charge in [0.05, 0.1) is 11.6 Å². The highest BCUT2D eigenvalue weighted by Crippen LogP contribution is 2.42. The van der Waals surface area contributed by atoms with Gasteiger partial charge in [0.2, 0.25) is 0 Å². The average molecular weight is 358 g/mol. The Morgan fingerprint density at radius 1 is 1.08 bits per heavy atom. The topological polar surface area (TPSA) is 30.2 Å². The molecule has 0 saturated heterocycles. The monoisotopic (exact) mass is 357 g/mol. The maximum Gasteiger partial charge on any atom is 0.391 e. The molecule has 2 aliphatic rings. The smallest absolute Gasteiger partial charge is 0.233 e. The van der Waals surface area contributed by atoms with Crippen molar-refractivity contribution >= 4 is 17.2 Å². The Morgan fingerprint density at radius 2 is 1.79 bits per heavy atom. The van der Waals surface area contributed by atoms with Crippen molar-refractivity contribution in [3.05, 3.63) is 28.2 Å². The predicted molar refractivity (Wildman–Crippen MR) is 85.4 cm³/mol. The van der Waals surface area contributed by atoms with E-state index in [4.69, 9.17) is 11.6 Å². The van der Waals surface area contributed by atoms with Gasteiger partial charge in [0.1, 0.15) is 5.15 Å². The Bertz CT molecular complexity index is 761. The van der Waals surface area contributed by atoms with Crippen LogP contribution in [0.2, 0.25) is 5.15 Å². The molecule has 0 N–H and O–H groups in total. The van der Waals surface area contributed by atoms with Crippen molar-refractivity contribution in [2.75, 3.05) is 0 Å². The van der Waals surface area contributed by atoms with Crippen LogP contribution in [0, 0.1) is 5.92 Å². The van der Waals surface area contributed by atoms with Gasteiger partial charge in [0, 0.05) is 23.2 Å². The maximum absolute atomic E-state index is 12.8. The van der Waals surface area contributed by atoms with Crippen LogP contribution in [-0.4, -0.2) is 20.8 Å². The zero-order valence-corrected chi connectivity index (χ0v) is 14.0. The first-order chi connectivity index (χ1) is 11.4. The minimum absolute atomic E-state index is 0.0680. The van der Waals surface area contributed by atoms with Crippen LogP contribution in [0.3, 0.4) is 0 Å². The largest absolute Gasteiger partial charge is 0.391 e. The third kappa shape index (κ3) is 2.79. The lowest BCUT2D eigenvalue weighted by Crippen LogP contribution is -2.27. The fraction of sp³-hybridized carbons (Fsp3) is 0.647. The van der Waals surface area contributed by atoms with E-state index >= 15 is 0 Å². The van der Waals surface area contributed by atoms with Crippen LogP contribution in [0.15, 0.2) is 6.07 Å². The molecular formula is C17H19ClF3N3. The van der Waals surface area contributed by atoms with Gasteiger partial charge in [-0.3, -0.25) is 0 Å². The molecular weight excluding hydrogens is 339 g/mol. The average Bonchev–Trinajstić information content (AvgIpc) is 2.99. The fourth-order valence-corrected chi connectivity index (χ4v) is 4.36. The molecule has 0 spiro atoms. The minimum atomic E-state index is -4.08. The molecule has 2 aromatic rings. The molecule has 2 aliphatic carbocycles. The number of hydrogen-bond acceptors (Lipinski definition) is 2. The predicted octanol–water partition coefficient (Wildman–Crippen LogP) is 5.10. The molecule has 0 atom stereocenters. The molecule has 130 valence electrons. The van der Waals surface area contributed by atoms with E-state index in [-0.39, 0.29) is 18.8 Å². The van der Waals surface area contributed by atoms with E-state index in [9.17, 15) is 13.2 Å². The molecule has 0 bridgehead atoms. The van der Waals surface area contributed by atoms with E-state index in [1.54, 1.807) is 4.52 Å². The van der Waals surface area contributed by atoms with Crippen LogP contribution in [0.25, 0.3) is 5.65 Å². The van der Waals surface area contributed by atoms with Gasteiger partial charge in [-0.2, -0.15) is 18.3 Å². The van der Waals surface area contributed by atoms with Crippen LogP contribution in [-0.2, 0) is 12.8 Å². The number of aryl methyl sites for hydroxylation is 1. The molecule has 2 aromatic heterocycles. The lowest BCUT2D eigenvalue weighted by Gasteiger charge is -2.28.